The first-order valence-corrected chi connectivity index (χ1v) is 5.38. The number of carboxylic acids is 1. The van der Waals surface area contributed by atoms with Gasteiger partial charge in [0.15, 0.2) is 6.20 Å². The molecule has 0 atom stereocenters. The minimum absolute atomic E-state index is 0.105. The molecule has 0 aromatic carbocycles. The molecule has 0 fully saturated rings. The van der Waals surface area contributed by atoms with Gasteiger partial charge in [-0.25, -0.2) is 9.48 Å². The van der Waals surface area contributed by atoms with Gasteiger partial charge >= 0.3 is 11.8 Å². The molecule has 2 rings (SSSR count). The van der Waals surface area contributed by atoms with Crippen LogP contribution in [0.25, 0.3) is 5.69 Å². The number of hydrogen-bond donors (Lipinski definition) is 1. The van der Waals surface area contributed by atoms with E-state index in [2.05, 4.69) is 10.1 Å². The highest BCUT2D eigenvalue weighted by atomic mass is 35.5. The minimum atomic E-state index is -1.32. The zero-order chi connectivity index (χ0) is 14.2. The first-order chi connectivity index (χ1) is 8.90. The second kappa shape index (κ2) is 4.65. The summed E-state index contributed by atoms with van der Waals surface area (Å²) in [7, 11) is 0. The molecule has 0 aliphatic carbocycles. The number of carboxylic acid groups (broad SMARTS) is 1. The molecule has 0 aliphatic heterocycles. The van der Waals surface area contributed by atoms with Gasteiger partial charge in [0, 0.05) is 6.20 Å². The smallest absolute Gasteiger partial charge is 0.364 e. The van der Waals surface area contributed by atoms with Crippen LogP contribution >= 0.6 is 11.6 Å². The third-order valence-electron chi connectivity index (χ3n) is 2.37. The molecule has 9 heteroatoms. The largest absolute Gasteiger partial charge is 0.478 e. The minimum Gasteiger partial charge on any atom is -0.478 e. The van der Waals surface area contributed by atoms with Crippen molar-refractivity contribution in [3.63, 3.8) is 0 Å². The second-order valence-corrected chi connectivity index (χ2v) is 4.04. The maximum atomic E-state index is 11.1. The summed E-state index contributed by atoms with van der Waals surface area (Å²) in [5, 5.41) is 24.0. The molecule has 98 valence electrons. The van der Waals surface area contributed by atoms with E-state index in [0.29, 0.717) is 10.7 Å². The highest BCUT2D eigenvalue weighted by Gasteiger charge is 2.20. The maximum Gasteiger partial charge on any atom is 0.364 e. The Morgan fingerprint density at radius 3 is 2.74 bits per heavy atom. The van der Waals surface area contributed by atoms with Gasteiger partial charge in [0.05, 0.1) is 22.3 Å². The van der Waals surface area contributed by atoms with Crippen LogP contribution in [0.4, 0.5) is 5.82 Å². The Labute approximate surface area is 111 Å². The van der Waals surface area contributed by atoms with E-state index in [9.17, 15) is 14.9 Å². The summed E-state index contributed by atoms with van der Waals surface area (Å²) < 4.78 is 1.22. The molecule has 1 N–H and O–H groups in total. The maximum absolute atomic E-state index is 11.1. The summed E-state index contributed by atoms with van der Waals surface area (Å²) in [4.78, 5) is 24.5. The van der Waals surface area contributed by atoms with E-state index in [1.165, 1.54) is 10.9 Å². The van der Waals surface area contributed by atoms with Crippen LogP contribution < -0.4 is 0 Å². The lowest BCUT2D eigenvalue weighted by atomic mass is 10.2. The van der Waals surface area contributed by atoms with Crippen LogP contribution in [0.3, 0.4) is 0 Å². The Bertz CT molecular complexity index is 663. The summed E-state index contributed by atoms with van der Waals surface area (Å²) in [6, 6.07) is 0.878. The molecule has 2 aromatic rings. The van der Waals surface area contributed by atoms with Gasteiger partial charge in [-0.2, -0.15) is 5.10 Å². The molecular formula is C10H7ClN4O4. The normalized spacial score (nSPS) is 10.4. The number of pyridine rings is 1. The first-order valence-electron chi connectivity index (χ1n) is 5.00. The second-order valence-electron chi connectivity index (χ2n) is 3.63. The van der Waals surface area contributed by atoms with Crippen LogP contribution in [-0.2, 0) is 0 Å². The number of halogens is 1. The molecule has 0 spiro atoms. The van der Waals surface area contributed by atoms with Crippen LogP contribution in [0.5, 0.6) is 0 Å². The van der Waals surface area contributed by atoms with Crippen molar-refractivity contribution in [2.75, 3.05) is 0 Å². The Morgan fingerprint density at radius 2 is 2.26 bits per heavy atom. The van der Waals surface area contributed by atoms with E-state index in [-0.39, 0.29) is 11.3 Å². The van der Waals surface area contributed by atoms with Gasteiger partial charge in [-0.3, -0.25) is 0 Å². The van der Waals surface area contributed by atoms with Crippen molar-refractivity contribution < 1.29 is 14.8 Å². The van der Waals surface area contributed by atoms with Gasteiger partial charge in [0.1, 0.15) is 5.69 Å². The standard InChI is InChI=1S/C10H7ClN4O4/c1-5-7(11)4-14(13-5)8-3-12-9(15(18)19)2-6(8)10(16)17/h2-4H,1H3,(H,16,17). The fourth-order valence-corrected chi connectivity index (χ4v) is 1.58. The monoisotopic (exact) mass is 282 g/mol. The van der Waals surface area contributed by atoms with Gasteiger partial charge in [-0.15, -0.1) is 0 Å². The zero-order valence-corrected chi connectivity index (χ0v) is 10.3. The van der Waals surface area contributed by atoms with E-state index < -0.39 is 16.7 Å². The highest BCUT2D eigenvalue weighted by Crippen LogP contribution is 2.21. The average Bonchev–Trinajstić information content (AvgIpc) is 2.68. The van der Waals surface area contributed by atoms with E-state index >= 15 is 0 Å². The molecule has 0 radical (unpaired) electrons. The van der Waals surface area contributed by atoms with Crippen molar-refractivity contribution in [1.82, 2.24) is 14.8 Å². The molecule has 2 aromatic heterocycles. The number of nitrogens with zero attached hydrogens (tertiary/aromatic N) is 4. The number of aryl methyl sites for hydroxylation is 1. The quantitative estimate of drug-likeness (QED) is 0.679. The van der Waals surface area contributed by atoms with Crippen LogP contribution in [0, 0.1) is 17.0 Å². The SMILES string of the molecule is Cc1nn(-c2cnc([N+](=O)[O-])cc2C(=O)O)cc1Cl. The van der Waals surface area contributed by atoms with Gasteiger partial charge in [-0.05, 0) is 16.8 Å². The predicted octanol–water partition coefficient (Wildman–Crippen LogP) is 1.84. The number of rotatable bonds is 3. The van der Waals surface area contributed by atoms with Gasteiger partial charge in [0.25, 0.3) is 0 Å². The van der Waals surface area contributed by atoms with E-state index in [1.807, 2.05) is 0 Å². The van der Waals surface area contributed by atoms with Crippen LogP contribution in [0.1, 0.15) is 16.1 Å². The van der Waals surface area contributed by atoms with E-state index in [1.54, 1.807) is 6.92 Å². The summed E-state index contributed by atoms with van der Waals surface area (Å²) in [5.41, 5.74) is 0.338. The first kappa shape index (κ1) is 13.0. The number of aromatic nitrogens is 3. The fraction of sp³-hybridized carbons (Fsp3) is 0.100. The van der Waals surface area contributed by atoms with Crippen LogP contribution in [0.15, 0.2) is 18.5 Å². The third-order valence-corrected chi connectivity index (χ3v) is 2.74. The van der Waals surface area contributed by atoms with Gasteiger partial charge in [0.2, 0.25) is 0 Å². The van der Waals surface area contributed by atoms with Crippen LogP contribution in [0.2, 0.25) is 5.02 Å². The summed E-state index contributed by atoms with van der Waals surface area (Å²) in [6.45, 7) is 1.65. The summed E-state index contributed by atoms with van der Waals surface area (Å²) in [5.74, 6) is -1.86. The number of nitro groups is 1. The fourth-order valence-electron chi connectivity index (χ4n) is 1.45. The van der Waals surface area contributed by atoms with Crippen LogP contribution in [-0.4, -0.2) is 30.8 Å². The third kappa shape index (κ3) is 2.38. The number of carbonyl (C=O) groups is 1. The van der Waals surface area contributed by atoms with Gasteiger partial charge < -0.3 is 15.2 Å². The Hall–Kier alpha value is -2.48. The molecule has 0 saturated heterocycles. The number of aromatic carboxylic acids is 1. The Kier molecular flexibility index (Phi) is 3.17. The molecule has 0 bridgehead atoms. The predicted molar refractivity (Wildman–Crippen MR) is 64.7 cm³/mol. The van der Waals surface area contributed by atoms with Crippen molar-refractivity contribution in [1.29, 1.82) is 0 Å². The topological polar surface area (TPSA) is 111 Å². The van der Waals surface area contributed by atoms with Crippen molar-refractivity contribution in [3.8, 4) is 5.69 Å². The molecule has 0 amide bonds. The number of hydrogen-bond acceptors (Lipinski definition) is 5. The van der Waals surface area contributed by atoms with Crippen molar-refractivity contribution in [3.05, 3.63) is 44.9 Å². The molecule has 0 saturated carbocycles. The van der Waals surface area contributed by atoms with E-state index in [0.717, 1.165) is 12.3 Å². The lowest BCUT2D eigenvalue weighted by molar-refractivity contribution is -0.389. The average molecular weight is 283 g/mol. The van der Waals surface area contributed by atoms with Crippen molar-refractivity contribution >= 4 is 23.4 Å². The highest BCUT2D eigenvalue weighted by molar-refractivity contribution is 6.31. The molecule has 2 heterocycles. The van der Waals surface area contributed by atoms with E-state index in [4.69, 9.17) is 16.7 Å². The summed E-state index contributed by atoms with van der Waals surface area (Å²) >= 11 is 5.83. The van der Waals surface area contributed by atoms with Gasteiger partial charge in [-0.1, -0.05) is 11.6 Å². The summed E-state index contributed by atoms with van der Waals surface area (Å²) in [6.07, 6.45) is 2.48. The molecule has 0 aliphatic rings. The van der Waals surface area contributed by atoms with Crippen molar-refractivity contribution in [2.24, 2.45) is 0 Å². The molecular weight excluding hydrogens is 276 g/mol. The van der Waals surface area contributed by atoms with Crippen molar-refractivity contribution in [2.45, 2.75) is 6.92 Å². The zero-order valence-electron chi connectivity index (χ0n) is 9.57. The Balaban J connectivity index is 2.63. The lowest BCUT2D eigenvalue weighted by Crippen LogP contribution is -2.08. The Morgan fingerprint density at radius 1 is 1.58 bits per heavy atom. The lowest BCUT2D eigenvalue weighted by Gasteiger charge is -2.03. The molecule has 19 heavy (non-hydrogen) atoms. The molecule has 8 nitrogen and oxygen atoms in total. The molecule has 0 unspecified atom stereocenters.